The van der Waals surface area contributed by atoms with E-state index in [2.05, 4.69) is 46.3 Å². The largest absolute Gasteiger partial charge is 0.396 e. The highest BCUT2D eigenvalue weighted by molar-refractivity contribution is 9.10. The third kappa shape index (κ3) is 3.22. The lowest BCUT2D eigenvalue weighted by molar-refractivity contribution is 0.194. The number of hydrogen-bond donors (Lipinski definition) is 2. The van der Waals surface area contributed by atoms with Crippen molar-refractivity contribution in [3.63, 3.8) is 0 Å². The van der Waals surface area contributed by atoms with Crippen molar-refractivity contribution in [1.29, 1.82) is 0 Å². The SMILES string of the molecule is OCCC1=CC[C@H](c2ccc(Br)cc2)[C@@H](CO)C1. The molecule has 0 unspecified atom stereocenters. The Morgan fingerprint density at radius 3 is 2.50 bits per heavy atom. The molecule has 0 aromatic heterocycles. The first-order valence-corrected chi connectivity index (χ1v) is 7.19. The molecule has 2 N–H and O–H groups in total. The maximum atomic E-state index is 9.56. The van der Waals surface area contributed by atoms with Gasteiger partial charge in [-0.15, -0.1) is 0 Å². The Hall–Kier alpha value is -0.640. The lowest BCUT2D eigenvalue weighted by Gasteiger charge is -2.30. The third-order valence-corrected chi connectivity index (χ3v) is 4.25. The maximum Gasteiger partial charge on any atom is 0.0468 e. The smallest absolute Gasteiger partial charge is 0.0468 e. The molecule has 0 aliphatic heterocycles. The molecule has 1 aliphatic carbocycles. The summed E-state index contributed by atoms with van der Waals surface area (Å²) in [5.74, 6) is 0.670. The summed E-state index contributed by atoms with van der Waals surface area (Å²) in [6, 6.07) is 8.36. The normalized spacial score (nSPS) is 23.8. The second kappa shape index (κ2) is 6.50. The third-order valence-electron chi connectivity index (χ3n) is 3.72. The summed E-state index contributed by atoms with van der Waals surface area (Å²) in [6.45, 7) is 0.413. The number of aliphatic hydroxyl groups is 2. The number of aliphatic hydroxyl groups excluding tert-OH is 2. The van der Waals surface area contributed by atoms with E-state index >= 15 is 0 Å². The second-order valence-corrected chi connectivity index (χ2v) is 5.79. The van der Waals surface area contributed by atoms with Crippen LogP contribution in [-0.2, 0) is 0 Å². The van der Waals surface area contributed by atoms with Crippen molar-refractivity contribution in [3.05, 3.63) is 46.0 Å². The lowest BCUT2D eigenvalue weighted by atomic mass is 9.76. The van der Waals surface area contributed by atoms with Gasteiger partial charge in [0.25, 0.3) is 0 Å². The summed E-state index contributed by atoms with van der Waals surface area (Å²) < 4.78 is 1.08. The first-order valence-electron chi connectivity index (χ1n) is 6.39. The van der Waals surface area contributed by atoms with E-state index in [1.807, 2.05) is 0 Å². The van der Waals surface area contributed by atoms with Gasteiger partial charge in [0.2, 0.25) is 0 Å². The average Bonchev–Trinajstić information content (AvgIpc) is 2.40. The van der Waals surface area contributed by atoms with Gasteiger partial charge in [-0.3, -0.25) is 0 Å². The van der Waals surface area contributed by atoms with Crippen molar-refractivity contribution >= 4 is 15.9 Å². The summed E-state index contributed by atoms with van der Waals surface area (Å²) in [5.41, 5.74) is 2.57. The van der Waals surface area contributed by atoms with Gasteiger partial charge < -0.3 is 10.2 Å². The molecule has 1 aliphatic rings. The van der Waals surface area contributed by atoms with Gasteiger partial charge >= 0.3 is 0 Å². The molecule has 0 fully saturated rings. The van der Waals surface area contributed by atoms with Crippen LogP contribution >= 0.6 is 15.9 Å². The van der Waals surface area contributed by atoms with Crippen molar-refractivity contribution in [1.82, 2.24) is 0 Å². The van der Waals surface area contributed by atoms with E-state index in [0.29, 0.717) is 5.92 Å². The Kier molecular flexibility index (Phi) is 4.98. The summed E-state index contributed by atoms with van der Waals surface area (Å²) in [6.07, 6.45) is 4.83. The van der Waals surface area contributed by atoms with Gasteiger partial charge in [0.1, 0.15) is 0 Å². The van der Waals surface area contributed by atoms with Crippen LogP contribution in [0.1, 0.15) is 30.7 Å². The molecule has 1 aromatic carbocycles. The molecular formula is C15H19BrO2. The van der Waals surface area contributed by atoms with Gasteiger partial charge in [-0.05, 0) is 48.8 Å². The minimum Gasteiger partial charge on any atom is -0.396 e. The zero-order chi connectivity index (χ0) is 13.0. The van der Waals surface area contributed by atoms with Crippen molar-refractivity contribution in [2.24, 2.45) is 5.92 Å². The Balaban J connectivity index is 2.15. The van der Waals surface area contributed by atoms with E-state index < -0.39 is 0 Å². The second-order valence-electron chi connectivity index (χ2n) is 4.88. The Bertz CT molecular complexity index is 411. The van der Waals surface area contributed by atoms with Crippen LogP contribution in [-0.4, -0.2) is 23.4 Å². The molecule has 0 radical (unpaired) electrons. The topological polar surface area (TPSA) is 40.5 Å². The molecule has 0 saturated heterocycles. The van der Waals surface area contributed by atoms with Crippen LogP contribution in [0.25, 0.3) is 0 Å². The first-order chi connectivity index (χ1) is 8.74. The van der Waals surface area contributed by atoms with Crippen LogP contribution in [0.15, 0.2) is 40.4 Å². The molecule has 1 aromatic rings. The van der Waals surface area contributed by atoms with Gasteiger partial charge in [-0.2, -0.15) is 0 Å². The molecule has 0 saturated carbocycles. The monoisotopic (exact) mass is 310 g/mol. The van der Waals surface area contributed by atoms with E-state index in [-0.39, 0.29) is 19.1 Å². The molecule has 0 bridgehead atoms. The minimum atomic E-state index is 0.201. The van der Waals surface area contributed by atoms with E-state index in [1.165, 1.54) is 11.1 Å². The van der Waals surface area contributed by atoms with Crippen molar-refractivity contribution < 1.29 is 10.2 Å². The fourth-order valence-corrected chi connectivity index (χ4v) is 2.97. The molecule has 2 atom stereocenters. The quantitative estimate of drug-likeness (QED) is 0.838. The van der Waals surface area contributed by atoms with Crippen molar-refractivity contribution in [3.8, 4) is 0 Å². The molecule has 2 nitrogen and oxygen atoms in total. The number of benzene rings is 1. The molecular weight excluding hydrogens is 292 g/mol. The van der Waals surface area contributed by atoms with E-state index in [1.54, 1.807) is 0 Å². The van der Waals surface area contributed by atoms with Crippen LogP contribution in [0, 0.1) is 5.92 Å². The van der Waals surface area contributed by atoms with Crippen LogP contribution < -0.4 is 0 Å². The van der Waals surface area contributed by atoms with E-state index in [0.717, 1.165) is 23.7 Å². The maximum absolute atomic E-state index is 9.56. The zero-order valence-electron chi connectivity index (χ0n) is 10.3. The number of rotatable bonds is 4. The predicted octanol–water partition coefficient (Wildman–Crippen LogP) is 3.24. The number of allylic oxidation sites excluding steroid dienone is 1. The fourth-order valence-electron chi connectivity index (χ4n) is 2.71. The highest BCUT2D eigenvalue weighted by Gasteiger charge is 2.26. The van der Waals surface area contributed by atoms with Gasteiger partial charge in [-0.1, -0.05) is 39.7 Å². The Morgan fingerprint density at radius 1 is 1.17 bits per heavy atom. The van der Waals surface area contributed by atoms with Crippen LogP contribution in [0.3, 0.4) is 0 Å². The van der Waals surface area contributed by atoms with Crippen molar-refractivity contribution in [2.45, 2.75) is 25.2 Å². The summed E-state index contributed by atoms with van der Waals surface area (Å²) in [5, 5.41) is 18.5. The van der Waals surface area contributed by atoms with Gasteiger partial charge in [0.05, 0.1) is 0 Å². The molecule has 0 spiro atoms. The predicted molar refractivity (Wildman–Crippen MR) is 76.5 cm³/mol. The van der Waals surface area contributed by atoms with Gasteiger partial charge in [0.15, 0.2) is 0 Å². The molecule has 2 rings (SSSR count). The Labute approximate surface area is 116 Å². The molecule has 3 heteroatoms. The van der Waals surface area contributed by atoms with Crippen molar-refractivity contribution in [2.75, 3.05) is 13.2 Å². The number of halogens is 1. The van der Waals surface area contributed by atoms with Crippen LogP contribution in [0.2, 0.25) is 0 Å². The molecule has 98 valence electrons. The first kappa shape index (κ1) is 13.8. The zero-order valence-corrected chi connectivity index (χ0v) is 11.9. The molecule has 18 heavy (non-hydrogen) atoms. The van der Waals surface area contributed by atoms with E-state index in [4.69, 9.17) is 5.11 Å². The number of hydrogen-bond acceptors (Lipinski definition) is 2. The highest BCUT2D eigenvalue weighted by atomic mass is 79.9. The summed E-state index contributed by atoms with van der Waals surface area (Å²) in [7, 11) is 0. The standard InChI is InChI=1S/C15H19BrO2/c16-14-4-2-12(3-5-14)15-6-1-11(7-8-17)9-13(15)10-18/h1-5,13,15,17-18H,6-10H2/t13-,15-/m1/s1. The summed E-state index contributed by atoms with van der Waals surface area (Å²) in [4.78, 5) is 0. The lowest BCUT2D eigenvalue weighted by Crippen LogP contribution is -2.21. The van der Waals surface area contributed by atoms with E-state index in [9.17, 15) is 5.11 Å². The van der Waals surface area contributed by atoms with Gasteiger partial charge in [-0.25, -0.2) is 0 Å². The average molecular weight is 311 g/mol. The summed E-state index contributed by atoms with van der Waals surface area (Å²) >= 11 is 3.44. The fraction of sp³-hybridized carbons (Fsp3) is 0.467. The highest BCUT2D eigenvalue weighted by Crippen LogP contribution is 2.38. The molecule has 0 amide bonds. The Morgan fingerprint density at radius 2 is 1.89 bits per heavy atom. The van der Waals surface area contributed by atoms with Crippen LogP contribution in [0.5, 0.6) is 0 Å². The minimum absolute atomic E-state index is 0.201. The molecule has 0 heterocycles. The van der Waals surface area contributed by atoms with Crippen LogP contribution in [0.4, 0.5) is 0 Å². The van der Waals surface area contributed by atoms with Gasteiger partial charge in [0, 0.05) is 17.7 Å².